The lowest BCUT2D eigenvalue weighted by atomic mass is 9.94. The molecule has 2 rings (SSSR count). The molecule has 3 amide bonds. The quantitative estimate of drug-likeness (QED) is 0.837. The second-order valence-corrected chi connectivity index (χ2v) is 6.62. The molecule has 0 bridgehead atoms. The van der Waals surface area contributed by atoms with Crippen LogP contribution in [0.25, 0.3) is 0 Å². The number of carbonyl (C=O) groups is 2. The second-order valence-electron chi connectivity index (χ2n) is 6.62. The van der Waals surface area contributed by atoms with Crippen LogP contribution in [0.15, 0.2) is 0 Å². The summed E-state index contributed by atoms with van der Waals surface area (Å²) in [6.07, 6.45) is 3.64. The van der Waals surface area contributed by atoms with Gasteiger partial charge in [0, 0.05) is 52.2 Å². The number of piperidine rings is 1. The zero-order valence-electron chi connectivity index (χ0n) is 14.6. The molecule has 2 aliphatic heterocycles. The summed E-state index contributed by atoms with van der Waals surface area (Å²) in [6, 6.07) is 0.408. The number of amides is 3. The van der Waals surface area contributed by atoms with Crippen molar-refractivity contribution in [3.8, 4) is 0 Å². The van der Waals surface area contributed by atoms with Gasteiger partial charge < -0.3 is 20.0 Å². The standard InChI is InChI=1S/C16H30N4O2.ClH/c1-4-9-20(14-5-8-17-12-14)15(21)13-6-10-19(11-7-13)16(22)18(2)3;/h13-14,17H,4-12H2,1-3H3;1H. The van der Waals surface area contributed by atoms with E-state index in [1.807, 2.05) is 4.90 Å². The molecule has 2 saturated heterocycles. The van der Waals surface area contributed by atoms with Gasteiger partial charge in [0.25, 0.3) is 0 Å². The molecule has 2 aliphatic rings. The molecule has 6 nitrogen and oxygen atoms in total. The number of rotatable bonds is 4. The van der Waals surface area contributed by atoms with Crippen LogP contribution in [0.1, 0.15) is 32.6 Å². The number of nitrogens with one attached hydrogen (secondary N) is 1. The third kappa shape index (κ3) is 4.98. The van der Waals surface area contributed by atoms with E-state index in [0.717, 1.165) is 45.3 Å². The highest BCUT2D eigenvalue weighted by Gasteiger charge is 2.33. The van der Waals surface area contributed by atoms with Crippen molar-refractivity contribution in [1.29, 1.82) is 0 Å². The van der Waals surface area contributed by atoms with Crippen molar-refractivity contribution < 1.29 is 9.59 Å². The van der Waals surface area contributed by atoms with Crippen LogP contribution in [-0.2, 0) is 4.79 Å². The Morgan fingerprint density at radius 3 is 2.30 bits per heavy atom. The molecule has 1 unspecified atom stereocenters. The minimum absolute atomic E-state index is 0. The first-order chi connectivity index (χ1) is 10.5. The smallest absolute Gasteiger partial charge is 0.319 e. The molecule has 0 aromatic rings. The normalized spacial score (nSPS) is 21.7. The summed E-state index contributed by atoms with van der Waals surface area (Å²) in [5.41, 5.74) is 0. The fourth-order valence-corrected chi connectivity index (χ4v) is 3.45. The van der Waals surface area contributed by atoms with Gasteiger partial charge in [0.05, 0.1) is 0 Å². The van der Waals surface area contributed by atoms with Gasteiger partial charge in [-0.05, 0) is 32.2 Å². The van der Waals surface area contributed by atoms with E-state index in [-0.39, 0.29) is 24.4 Å². The van der Waals surface area contributed by atoms with E-state index in [2.05, 4.69) is 17.1 Å². The maximum absolute atomic E-state index is 12.9. The molecule has 1 atom stereocenters. The van der Waals surface area contributed by atoms with Crippen LogP contribution < -0.4 is 5.32 Å². The largest absolute Gasteiger partial charge is 0.338 e. The van der Waals surface area contributed by atoms with Gasteiger partial charge >= 0.3 is 6.03 Å². The first kappa shape index (κ1) is 20.0. The summed E-state index contributed by atoms with van der Waals surface area (Å²) in [4.78, 5) is 30.4. The van der Waals surface area contributed by atoms with Gasteiger partial charge in [0.2, 0.25) is 5.91 Å². The van der Waals surface area contributed by atoms with E-state index in [4.69, 9.17) is 0 Å². The van der Waals surface area contributed by atoms with Crippen molar-refractivity contribution in [2.75, 3.05) is 46.8 Å². The van der Waals surface area contributed by atoms with Crippen LogP contribution in [0.4, 0.5) is 4.79 Å². The number of nitrogens with zero attached hydrogens (tertiary/aromatic N) is 3. The topological polar surface area (TPSA) is 55.9 Å². The number of carbonyl (C=O) groups excluding carboxylic acids is 2. The van der Waals surface area contributed by atoms with Crippen molar-refractivity contribution in [3.05, 3.63) is 0 Å². The molecular formula is C16H31ClN4O2. The minimum Gasteiger partial charge on any atom is -0.338 e. The predicted molar refractivity (Wildman–Crippen MR) is 93.9 cm³/mol. The van der Waals surface area contributed by atoms with Gasteiger partial charge in [0.1, 0.15) is 0 Å². The van der Waals surface area contributed by atoms with Crippen LogP contribution in [0.3, 0.4) is 0 Å². The fourth-order valence-electron chi connectivity index (χ4n) is 3.45. The lowest BCUT2D eigenvalue weighted by Gasteiger charge is -2.37. The monoisotopic (exact) mass is 346 g/mol. The van der Waals surface area contributed by atoms with Gasteiger partial charge in [-0.25, -0.2) is 4.79 Å². The third-order valence-corrected chi connectivity index (χ3v) is 4.72. The molecule has 7 heteroatoms. The van der Waals surface area contributed by atoms with E-state index < -0.39 is 0 Å². The van der Waals surface area contributed by atoms with Gasteiger partial charge in [0.15, 0.2) is 0 Å². The lowest BCUT2D eigenvalue weighted by Crippen LogP contribution is -2.49. The zero-order valence-corrected chi connectivity index (χ0v) is 15.4. The summed E-state index contributed by atoms with van der Waals surface area (Å²) < 4.78 is 0. The highest BCUT2D eigenvalue weighted by atomic mass is 35.5. The molecule has 0 radical (unpaired) electrons. The molecule has 0 aliphatic carbocycles. The highest BCUT2D eigenvalue weighted by molar-refractivity contribution is 5.85. The summed E-state index contributed by atoms with van der Waals surface area (Å²) in [7, 11) is 3.55. The average Bonchev–Trinajstić information content (AvgIpc) is 3.05. The maximum atomic E-state index is 12.9. The first-order valence-electron chi connectivity index (χ1n) is 8.52. The second kappa shape index (κ2) is 9.33. The summed E-state index contributed by atoms with van der Waals surface area (Å²) in [5.74, 6) is 0.380. The van der Waals surface area contributed by atoms with Crippen molar-refractivity contribution in [3.63, 3.8) is 0 Å². The van der Waals surface area contributed by atoms with Crippen molar-refractivity contribution in [2.24, 2.45) is 5.92 Å². The van der Waals surface area contributed by atoms with E-state index in [0.29, 0.717) is 25.0 Å². The first-order valence-corrected chi connectivity index (χ1v) is 8.52. The van der Waals surface area contributed by atoms with Crippen molar-refractivity contribution in [1.82, 2.24) is 20.0 Å². The van der Waals surface area contributed by atoms with E-state index in [9.17, 15) is 9.59 Å². The molecule has 2 fully saturated rings. The Bertz CT molecular complexity index is 392. The summed E-state index contributed by atoms with van der Waals surface area (Å²) in [6.45, 7) is 6.29. The average molecular weight is 347 g/mol. The molecule has 0 aromatic heterocycles. The number of likely N-dealkylation sites (tertiary alicyclic amines) is 1. The molecule has 0 saturated carbocycles. The fraction of sp³-hybridized carbons (Fsp3) is 0.875. The number of halogens is 1. The maximum Gasteiger partial charge on any atom is 0.319 e. The predicted octanol–water partition coefficient (Wildman–Crippen LogP) is 1.40. The molecule has 1 N–H and O–H groups in total. The van der Waals surface area contributed by atoms with Crippen LogP contribution in [-0.4, -0.2) is 79.5 Å². The molecule has 134 valence electrons. The third-order valence-electron chi connectivity index (χ3n) is 4.72. The van der Waals surface area contributed by atoms with Gasteiger partial charge in [-0.3, -0.25) is 4.79 Å². The van der Waals surface area contributed by atoms with Crippen LogP contribution >= 0.6 is 12.4 Å². The Hall–Kier alpha value is -1.01. The molecule has 23 heavy (non-hydrogen) atoms. The number of hydrogen-bond donors (Lipinski definition) is 1. The van der Waals surface area contributed by atoms with Crippen LogP contribution in [0.5, 0.6) is 0 Å². The van der Waals surface area contributed by atoms with Crippen LogP contribution in [0, 0.1) is 5.92 Å². The Labute approximate surface area is 146 Å². The van der Waals surface area contributed by atoms with Gasteiger partial charge in [-0.1, -0.05) is 6.92 Å². The molecule has 2 heterocycles. The van der Waals surface area contributed by atoms with Crippen molar-refractivity contribution >= 4 is 24.3 Å². The van der Waals surface area contributed by atoms with Crippen molar-refractivity contribution in [2.45, 2.75) is 38.6 Å². The Morgan fingerprint density at radius 2 is 1.83 bits per heavy atom. The number of hydrogen-bond acceptors (Lipinski definition) is 3. The van der Waals surface area contributed by atoms with Gasteiger partial charge in [-0.2, -0.15) is 0 Å². The molecular weight excluding hydrogens is 316 g/mol. The van der Waals surface area contributed by atoms with E-state index in [1.54, 1.807) is 19.0 Å². The lowest BCUT2D eigenvalue weighted by molar-refractivity contribution is -0.139. The van der Waals surface area contributed by atoms with E-state index in [1.165, 1.54) is 0 Å². The minimum atomic E-state index is 0. The summed E-state index contributed by atoms with van der Waals surface area (Å²) in [5, 5.41) is 3.35. The number of urea groups is 1. The Kier molecular flexibility index (Phi) is 8.12. The molecule has 0 spiro atoms. The highest BCUT2D eigenvalue weighted by Crippen LogP contribution is 2.23. The summed E-state index contributed by atoms with van der Waals surface area (Å²) >= 11 is 0. The van der Waals surface area contributed by atoms with Gasteiger partial charge in [-0.15, -0.1) is 12.4 Å². The van der Waals surface area contributed by atoms with Crippen LogP contribution in [0.2, 0.25) is 0 Å². The SMILES string of the molecule is CCCN(C(=O)C1CCN(C(=O)N(C)C)CC1)C1CCNC1.Cl. The van der Waals surface area contributed by atoms with E-state index >= 15 is 0 Å². The Morgan fingerprint density at radius 1 is 1.17 bits per heavy atom. The zero-order chi connectivity index (χ0) is 16.1. The Balaban J connectivity index is 0.00000264. The molecule has 0 aromatic carbocycles.